The molecule has 0 unspecified atom stereocenters. The van der Waals surface area contributed by atoms with Gasteiger partial charge in [0.25, 0.3) is 0 Å². The summed E-state index contributed by atoms with van der Waals surface area (Å²) in [6.45, 7) is 3.49. The number of hydrogen-bond donors (Lipinski definition) is 2. The molecule has 132 valence electrons. The third kappa shape index (κ3) is 4.97. The van der Waals surface area contributed by atoms with Gasteiger partial charge in [-0.25, -0.2) is 9.18 Å². The van der Waals surface area contributed by atoms with Gasteiger partial charge in [-0.3, -0.25) is 0 Å². The van der Waals surface area contributed by atoms with E-state index in [1.54, 1.807) is 43.3 Å². The molecule has 0 fully saturated rings. The third-order valence-electron chi connectivity index (χ3n) is 3.57. The predicted molar refractivity (Wildman–Crippen MR) is 95.5 cm³/mol. The average molecular weight is 364 g/mol. The Balaban J connectivity index is 2.34. The number of carbonyl (C=O) groups is 1. The Morgan fingerprint density at radius 3 is 2.60 bits per heavy atom. The minimum Gasteiger partial charge on any atom is -0.478 e. The van der Waals surface area contributed by atoms with Crippen molar-refractivity contribution in [2.75, 3.05) is 0 Å². The van der Waals surface area contributed by atoms with Crippen LogP contribution in [0.3, 0.4) is 0 Å². The van der Waals surface area contributed by atoms with Gasteiger partial charge >= 0.3 is 5.97 Å². The number of ether oxygens (including phenoxy) is 1. The van der Waals surface area contributed by atoms with E-state index in [4.69, 9.17) is 21.4 Å². The number of carboxylic acids is 1. The van der Waals surface area contributed by atoms with Crippen molar-refractivity contribution in [2.24, 2.45) is 0 Å². The van der Waals surface area contributed by atoms with Crippen LogP contribution in [0.1, 0.15) is 31.9 Å². The summed E-state index contributed by atoms with van der Waals surface area (Å²) in [6.07, 6.45) is 1.59. The largest absolute Gasteiger partial charge is 0.478 e. The Morgan fingerprint density at radius 1 is 1.32 bits per heavy atom. The number of allylic oxidation sites excluding steroid dienone is 1. The molecule has 0 amide bonds. The first kappa shape index (κ1) is 18.8. The first-order chi connectivity index (χ1) is 11.9. The van der Waals surface area contributed by atoms with Gasteiger partial charge in [0.2, 0.25) is 0 Å². The minimum atomic E-state index is -1.07. The molecular formula is C19H19ClFNO3. The van der Waals surface area contributed by atoms with E-state index in [0.717, 1.165) is 6.08 Å². The van der Waals surface area contributed by atoms with Crippen LogP contribution in [0.2, 0.25) is 5.02 Å². The summed E-state index contributed by atoms with van der Waals surface area (Å²) in [6, 6.07) is 11.5. The maximum Gasteiger partial charge on any atom is 0.330 e. The molecule has 0 radical (unpaired) electrons. The van der Waals surface area contributed by atoms with Crippen molar-refractivity contribution in [1.82, 2.24) is 5.32 Å². The van der Waals surface area contributed by atoms with Crippen LogP contribution in [0, 0.1) is 5.82 Å². The maximum absolute atomic E-state index is 15.0. The molecule has 0 saturated carbocycles. The molecule has 0 aliphatic heterocycles. The summed E-state index contributed by atoms with van der Waals surface area (Å²) in [5, 5.41) is 12.0. The SMILES string of the molecule is CC[C@@H](N/C(C)=C\C(=O)O)c1ccc(Cl)c(Oc2ccccc2)c1F. The fourth-order valence-electron chi connectivity index (χ4n) is 2.42. The minimum absolute atomic E-state index is 0.0505. The number of benzene rings is 2. The Bertz CT molecular complexity index is 778. The number of halogens is 2. The van der Waals surface area contributed by atoms with Crippen molar-refractivity contribution in [3.63, 3.8) is 0 Å². The molecule has 0 aromatic heterocycles. The lowest BCUT2D eigenvalue weighted by Crippen LogP contribution is -2.21. The van der Waals surface area contributed by atoms with Gasteiger partial charge in [0.1, 0.15) is 5.75 Å². The molecule has 0 bridgehead atoms. The fourth-order valence-corrected chi connectivity index (χ4v) is 2.60. The molecule has 25 heavy (non-hydrogen) atoms. The smallest absolute Gasteiger partial charge is 0.330 e. The van der Waals surface area contributed by atoms with Crippen LogP contribution in [0.4, 0.5) is 4.39 Å². The van der Waals surface area contributed by atoms with Crippen LogP contribution in [0.25, 0.3) is 0 Å². The zero-order valence-electron chi connectivity index (χ0n) is 13.9. The van der Waals surface area contributed by atoms with E-state index in [-0.39, 0.29) is 10.8 Å². The van der Waals surface area contributed by atoms with E-state index in [1.807, 2.05) is 13.0 Å². The topological polar surface area (TPSA) is 58.6 Å². The quantitative estimate of drug-likeness (QED) is 0.655. The lowest BCUT2D eigenvalue weighted by atomic mass is 10.0. The van der Waals surface area contributed by atoms with Crippen LogP contribution < -0.4 is 10.1 Å². The monoisotopic (exact) mass is 363 g/mol. The Kier molecular flexibility index (Phi) is 6.42. The van der Waals surface area contributed by atoms with Crippen molar-refractivity contribution in [3.8, 4) is 11.5 Å². The molecular weight excluding hydrogens is 345 g/mol. The lowest BCUT2D eigenvalue weighted by Gasteiger charge is -2.21. The highest BCUT2D eigenvalue weighted by Crippen LogP contribution is 2.36. The van der Waals surface area contributed by atoms with Crippen LogP contribution in [-0.2, 0) is 4.79 Å². The highest BCUT2D eigenvalue weighted by molar-refractivity contribution is 6.32. The number of nitrogens with one attached hydrogen (secondary N) is 1. The second-order valence-electron chi connectivity index (χ2n) is 5.47. The highest BCUT2D eigenvalue weighted by Gasteiger charge is 2.20. The second kappa shape index (κ2) is 8.53. The van der Waals surface area contributed by atoms with Gasteiger partial charge in [0, 0.05) is 17.3 Å². The van der Waals surface area contributed by atoms with E-state index in [9.17, 15) is 9.18 Å². The summed E-state index contributed by atoms with van der Waals surface area (Å²) < 4.78 is 20.6. The summed E-state index contributed by atoms with van der Waals surface area (Å²) in [5.74, 6) is -1.21. The van der Waals surface area contributed by atoms with E-state index in [0.29, 0.717) is 23.4 Å². The van der Waals surface area contributed by atoms with E-state index in [2.05, 4.69) is 5.32 Å². The van der Waals surface area contributed by atoms with E-state index in [1.165, 1.54) is 0 Å². The highest BCUT2D eigenvalue weighted by atomic mass is 35.5. The Labute approximate surface area is 150 Å². The van der Waals surface area contributed by atoms with E-state index < -0.39 is 17.8 Å². The summed E-state index contributed by atoms with van der Waals surface area (Å²) in [7, 11) is 0. The Hall–Kier alpha value is -2.53. The van der Waals surface area contributed by atoms with Crippen LogP contribution in [0.5, 0.6) is 11.5 Å². The molecule has 2 aromatic rings. The zero-order chi connectivity index (χ0) is 18.4. The van der Waals surface area contributed by atoms with Crippen LogP contribution in [0.15, 0.2) is 54.2 Å². The second-order valence-corrected chi connectivity index (χ2v) is 5.87. The number of rotatable bonds is 7. The molecule has 0 aliphatic carbocycles. The number of carboxylic acid groups (broad SMARTS) is 1. The van der Waals surface area contributed by atoms with Gasteiger partial charge in [-0.05, 0) is 31.5 Å². The molecule has 4 nitrogen and oxygen atoms in total. The van der Waals surface area contributed by atoms with Crippen molar-refractivity contribution < 1.29 is 19.0 Å². The lowest BCUT2D eigenvalue weighted by molar-refractivity contribution is -0.131. The van der Waals surface area contributed by atoms with Gasteiger partial charge in [0.05, 0.1) is 11.1 Å². The van der Waals surface area contributed by atoms with Crippen molar-refractivity contribution in [2.45, 2.75) is 26.3 Å². The van der Waals surface area contributed by atoms with Crippen LogP contribution >= 0.6 is 11.6 Å². The van der Waals surface area contributed by atoms with Gasteiger partial charge in [-0.15, -0.1) is 0 Å². The summed E-state index contributed by atoms with van der Waals surface area (Å²) >= 11 is 6.10. The summed E-state index contributed by atoms with van der Waals surface area (Å²) in [4.78, 5) is 10.8. The van der Waals surface area contributed by atoms with Gasteiger partial charge in [0.15, 0.2) is 11.6 Å². The first-order valence-corrected chi connectivity index (χ1v) is 8.18. The van der Waals surface area contributed by atoms with Gasteiger partial charge in [-0.2, -0.15) is 0 Å². The molecule has 0 saturated heterocycles. The Morgan fingerprint density at radius 2 is 2.00 bits per heavy atom. The van der Waals surface area contributed by atoms with E-state index >= 15 is 0 Å². The van der Waals surface area contributed by atoms with Gasteiger partial charge < -0.3 is 15.2 Å². The number of para-hydroxylation sites is 1. The normalized spacial score (nSPS) is 12.6. The summed E-state index contributed by atoms with van der Waals surface area (Å²) in [5.41, 5.74) is 0.787. The van der Waals surface area contributed by atoms with Crippen LogP contribution in [-0.4, -0.2) is 11.1 Å². The standard InChI is InChI=1S/C19H19ClFNO3/c1-3-16(22-12(2)11-17(23)24)14-9-10-15(20)19(18(14)21)25-13-7-5-4-6-8-13/h4-11,16,22H,3H2,1-2H3,(H,23,24)/b12-11-/t16-/m1/s1. The predicted octanol–water partition coefficient (Wildman–Crippen LogP) is 5.30. The number of hydrogen-bond acceptors (Lipinski definition) is 3. The van der Waals surface area contributed by atoms with Crippen molar-refractivity contribution in [1.29, 1.82) is 0 Å². The molecule has 6 heteroatoms. The van der Waals surface area contributed by atoms with Gasteiger partial charge in [-0.1, -0.05) is 42.8 Å². The molecule has 0 heterocycles. The average Bonchev–Trinajstić information content (AvgIpc) is 2.57. The molecule has 2 N–H and O–H groups in total. The molecule has 1 atom stereocenters. The molecule has 0 aliphatic rings. The first-order valence-electron chi connectivity index (χ1n) is 7.81. The molecule has 2 aromatic carbocycles. The molecule has 2 rings (SSSR count). The molecule has 0 spiro atoms. The maximum atomic E-state index is 15.0. The zero-order valence-corrected chi connectivity index (χ0v) is 14.7. The third-order valence-corrected chi connectivity index (χ3v) is 3.87. The van der Waals surface area contributed by atoms with Crippen molar-refractivity contribution >= 4 is 17.6 Å². The number of aliphatic carboxylic acids is 1. The van der Waals surface area contributed by atoms with Crippen molar-refractivity contribution in [3.05, 3.63) is 70.6 Å². The fraction of sp³-hybridized carbons (Fsp3) is 0.211.